The highest BCUT2D eigenvalue weighted by Gasteiger charge is 2.32. The average molecular weight is 479 g/mol. The normalized spacial score (nSPS) is 16.7. The molecular weight excluding hydrogens is 440 g/mol. The first-order valence-electron chi connectivity index (χ1n) is 12.5. The number of aryl methyl sites for hydroxylation is 1. The summed E-state index contributed by atoms with van der Waals surface area (Å²) >= 11 is 0. The van der Waals surface area contributed by atoms with Crippen LogP contribution in [-0.4, -0.2) is 47.8 Å². The van der Waals surface area contributed by atoms with Crippen molar-refractivity contribution in [1.82, 2.24) is 10.2 Å². The maximum Gasteiger partial charge on any atom is 0.247 e. The lowest BCUT2D eigenvalue weighted by atomic mass is 9.93. The number of rotatable bonds is 9. The second-order valence-corrected chi connectivity index (χ2v) is 9.62. The summed E-state index contributed by atoms with van der Waals surface area (Å²) < 4.78 is 0. The summed E-state index contributed by atoms with van der Waals surface area (Å²) in [7, 11) is 0. The molecule has 1 fully saturated rings. The largest absolute Gasteiger partial charge is 0.344 e. The van der Waals surface area contributed by atoms with E-state index < -0.39 is 12.1 Å². The lowest BCUT2D eigenvalue weighted by Gasteiger charge is -2.34. The van der Waals surface area contributed by atoms with Gasteiger partial charge in [-0.05, 0) is 43.4 Å². The van der Waals surface area contributed by atoms with Crippen LogP contribution >= 0.6 is 0 Å². The Labute approximate surface area is 208 Å². The van der Waals surface area contributed by atoms with E-state index in [2.05, 4.69) is 10.6 Å². The highest BCUT2D eigenvalue weighted by atomic mass is 16.2. The van der Waals surface area contributed by atoms with Gasteiger partial charge in [0.2, 0.25) is 17.7 Å². The first-order chi connectivity index (χ1) is 16.8. The average Bonchev–Trinajstić information content (AvgIpc) is 2.88. The molecule has 0 radical (unpaired) electrons. The Morgan fingerprint density at radius 2 is 1.66 bits per heavy atom. The molecule has 188 valence electrons. The van der Waals surface area contributed by atoms with Gasteiger partial charge < -0.3 is 21.3 Å². The smallest absolute Gasteiger partial charge is 0.247 e. The van der Waals surface area contributed by atoms with E-state index in [1.807, 2.05) is 75.4 Å². The fourth-order valence-corrected chi connectivity index (χ4v) is 4.29. The summed E-state index contributed by atoms with van der Waals surface area (Å²) in [4.78, 5) is 40.7. The van der Waals surface area contributed by atoms with Crippen LogP contribution in [0, 0.1) is 18.8 Å². The minimum absolute atomic E-state index is 0.0439. The molecule has 1 aliphatic rings. The summed E-state index contributed by atoms with van der Waals surface area (Å²) in [5.74, 6) is -0.572. The SMILES string of the molecule is CCC(C)C(N)C(=O)N1CCC(C(=O)NC(Cc2ccccc2)C(=O)Nc2ccc(C)cc2)CC1. The van der Waals surface area contributed by atoms with Gasteiger partial charge in [0.05, 0.1) is 6.04 Å². The van der Waals surface area contributed by atoms with E-state index in [0.29, 0.717) is 38.0 Å². The van der Waals surface area contributed by atoms with Crippen molar-refractivity contribution in [1.29, 1.82) is 0 Å². The second kappa shape index (κ2) is 12.5. The molecule has 4 N–H and O–H groups in total. The fourth-order valence-electron chi connectivity index (χ4n) is 4.29. The third kappa shape index (κ3) is 7.39. The molecule has 1 aliphatic heterocycles. The van der Waals surface area contributed by atoms with Crippen LogP contribution in [0.3, 0.4) is 0 Å². The van der Waals surface area contributed by atoms with E-state index in [1.54, 1.807) is 4.90 Å². The van der Waals surface area contributed by atoms with Crippen LogP contribution in [0.1, 0.15) is 44.2 Å². The Morgan fingerprint density at radius 1 is 1.03 bits per heavy atom. The zero-order valence-corrected chi connectivity index (χ0v) is 21.0. The Bertz CT molecular complexity index is 985. The summed E-state index contributed by atoms with van der Waals surface area (Å²) in [6.07, 6.45) is 2.36. The second-order valence-electron chi connectivity index (χ2n) is 9.62. The van der Waals surface area contributed by atoms with Crippen molar-refractivity contribution in [2.24, 2.45) is 17.6 Å². The number of likely N-dealkylation sites (tertiary alicyclic amines) is 1. The van der Waals surface area contributed by atoms with Gasteiger partial charge in [0.1, 0.15) is 6.04 Å². The number of hydrogen-bond acceptors (Lipinski definition) is 4. The van der Waals surface area contributed by atoms with Gasteiger partial charge in [-0.2, -0.15) is 0 Å². The van der Waals surface area contributed by atoms with E-state index in [4.69, 9.17) is 5.73 Å². The van der Waals surface area contributed by atoms with E-state index in [9.17, 15) is 14.4 Å². The predicted molar refractivity (Wildman–Crippen MR) is 139 cm³/mol. The van der Waals surface area contributed by atoms with Crippen molar-refractivity contribution in [2.45, 2.75) is 58.5 Å². The standard InChI is InChI=1S/C28H38N4O3/c1-4-20(3)25(29)28(35)32-16-14-22(15-17-32)26(33)31-24(18-21-8-6-5-7-9-21)27(34)30-23-12-10-19(2)11-13-23/h5-13,20,22,24-25H,4,14-18,29H2,1-3H3,(H,30,34)(H,31,33). The molecule has 0 spiro atoms. The van der Waals surface area contributed by atoms with E-state index in [-0.39, 0.29) is 29.6 Å². The number of carbonyl (C=O) groups is 3. The maximum atomic E-state index is 13.1. The number of piperidine rings is 1. The monoisotopic (exact) mass is 478 g/mol. The molecule has 1 saturated heterocycles. The molecule has 0 aromatic heterocycles. The number of carbonyl (C=O) groups excluding carboxylic acids is 3. The van der Waals surface area contributed by atoms with Crippen LogP contribution in [0.5, 0.6) is 0 Å². The van der Waals surface area contributed by atoms with Gasteiger partial charge in [-0.25, -0.2) is 0 Å². The van der Waals surface area contributed by atoms with Crippen LogP contribution in [-0.2, 0) is 20.8 Å². The van der Waals surface area contributed by atoms with Crippen molar-refractivity contribution in [3.8, 4) is 0 Å². The Morgan fingerprint density at radius 3 is 2.26 bits per heavy atom. The van der Waals surface area contributed by atoms with Crippen molar-refractivity contribution in [3.63, 3.8) is 0 Å². The summed E-state index contributed by atoms with van der Waals surface area (Å²) in [6, 6.07) is 16.0. The molecule has 1 heterocycles. The number of hydrogen-bond donors (Lipinski definition) is 3. The molecule has 35 heavy (non-hydrogen) atoms. The molecule has 0 aliphatic carbocycles. The summed E-state index contributed by atoms with van der Waals surface area (Å²) in [5.41, 5.74) is 8.89. The van der Waals surface area contributed by atoms with Gasteiger partial charge in [0.25, 0.3) is 0 Å². The van der Waals surface area contributed by atoms with Crippen LogP contribution in [0.4, 0.5) is 5.69 Å². The molecule has 7 nitrogen and oxygen atoms in total. The van der Waals surface area contributed by atoms with Crippen LogP contribution < -0.4 is 16.4 Å². The van der Waals surface area contributed by atoms with Gasteiger partial charge in [0.15, 0.2) is 0 Å². The van der Waals surface area contributed by atoms with Crippen molar-refractivity contribution < 1.29 is 14.4 Å². The van der Waals surface area contributed by atoms with Crippen molar-refractivity contribution in [2.75, 3.05) is 18.4 Å². The zero-order valence-electron chi connectivity index (χ0n) is 21.0. The zero-order chi connectivity index (χ0) is 25.4. The minimum Gasteiger partial charge on any atom is -0.344 e. The number of amides is 3. The van der Waals surface area contributed by atoms with Gasteiger partial charge in [0, 0.05) is 31.1 Å². The molecule has 3 unspecified atom stereocenters. The fraction of sp³-hybridized carbons (Fsp3) is 0.464. The number of anilines is 1. The van der Waals surface area contributed by atoms with E-state index in [0.717, 1.165) is 17.5 Å². The topological polar surface area (TPSA) is 105 Å². The van der Waals surface area contributed by atoms with Gasteiger partial charge in [-0.1, -0.05) is 68.3 Å². The highest BCUT2D eigenvalue weighted by Crippen LogP contribution is 2.20. The van der Waals surface area contributed by atoms with Gasteiger partial charge in [-0.15, -0.1) is 0 Å². The lowest BCUT2D eigenvalue weighted by Crippen LogP contribution is -2.52. The third-order valence-corrected chi connectivity index (χ3v) is 6.95. The van der Waals surface area contributed by atoms with Crippen molar-refractivity contribution in [3.05, 3.63) is 65.7 Å². The lowest BCUT2D eigenvalue weighted by molar-refractivity contribution is -0.138. The Kier molecular flexibility index (Phi) is 9.43. The first-order valence-corrected chi connectivity index (χ1v) is 12.5. The molecular formula is C28H38N4O3. The third-order valence-electron chi connectivity index (χ3n) is 6.95. The van der Waals surface area contributed by atoms with E-state index >= 15 is 0 Å². The van der Waals surface area contributed by atoms with E-state index in [1.165, 1.54) is 0 Å². The van der Waals surface area contributed by atoms with Gasteiger partial charge in [-0.3, -0.25) is 14.4 Å². The molecule has 7 heteroatoms. The van der Waals surface area contributed by atoms with Crippen LogP contribution in [0.15, 0.2) is 54.6 Å². The number of nitrogens with zero attached hydrogens (tertiary/aromatic N) is 1. The molecule has 2 aromatic rings. The highest BCUT2D eigenvalue weighted by molar-refractivity contribution is 5.97. The Balaban J connectivity index is 1.62. The van der Waals surface area contributed by atoms with Crippen LogP contribution in [0.2, 0.25) is 0 Å². The first kappa shape index (κ1) is 26.4. The van der Waals surface area contributed by atoms with Crippen molar-refractivity contribution >= 4 is 23.4 Å². The van der Waals surface area contributed by atoms with Gasteiger partial charge >= 0.3 is 0 Å². The molecule has 3 rings (SSSR count). The maximum absolute atomic E-state index is 13.1. The quantitative estimate of drug-likeness (QED) is 0.514. The van der Waals surface area contributed by atoms with Crippen LogP contribution in [0.25, 0.3) is 0 Å². The Hall–Kier alpha value is -3.19. The summed E-state index contributed by atoms with van der Waals surface area (Å²) in [5, 5.41) is 5.91. The summed E-state index contributed by atoms with van der Waals surface area (Å²) in [6.45, 7) is 6.99. The number of benzene rings is 2. The number of nitrogens with one attached hydrogen (secondary N) is 2. The molecule has 0 saturated carbocycles. The molecule has 2 aromatic carbocycles. The molecule has 3 amide bonds. The number of nitrogens with two attached hydrogens (primary N) is 1. The molecule has 0 bridgehead atoms. The molecule has 3 atom stereocenters. The minimum atomic E-state index is -0.704. The predicted octanol–water partition coefficient (Wildman–Crippen LogP) is 3.27.